The quantitative estimate of drug-likeness (QED) is 0.132. The van der Waals surface area contributed by atoms with Gasteiger partial charge in [0.25, 0.3) is 0 Å². The molecule has 0 unspecified atom stereocenters. The molecule has 2 aromatic rings. The minimum Gasteiger partial charge on any atom is -0.546 e. The van der Waals surface area contributed by atoms with Gasteiger partial charge >= 0.3 is 59.1 Å². The van der Waals surface area contributed by atoms with Crippen molar-refractivity contribution < 1.29 is 107 Å². The number of hydrogen-bond donors (Lipinski definition) is 0. The van der Waals surface area contributed by atoms with Gasteiger partial charge in [-0.3, -0.25) is 9.59 Å². The molecular formula is C25H22Na2O10. The van der Waals surface area contributed by atoms with Crippen LogP contribution in [0.25, 0.3) is 12.2 Å². The minimum absolute atomic E-state index is 0. The summed E-state index contributed by atoms with van der Waals surface area (Å²) in [6.07, 6.45) is 5.10. The number of methoxy groups -OCH3 is 2. The molecule has 0 saturated carbocycles. The Bertz CT molecular complexity index is 1070. The average Bonchev–Trinajstić information content (AvgIpc) is 2.83. The maximum atomic E-state index is 12.1. The summed E-state index contributed by atoms with van der Waals surface area (Å²) in [6.45, 7) is -1.26. The molecule has 37 heavy (non-hydrogen) atoms. The normalized spacial score (nSPS) is 10.2. The molecule has 0 aliphatic rings. The second-order valence-corrected chi connectivity index (χ2v) is 6.92. The van der Waals surface area contributed by atoms with Gasteiger partial charge in [0, 0.05) is 0 Å². The summed E-state index contributed by atoms with van der Waals surface area (Å²) in [7, 11) is 2.77. The average molecular weight is 528 g/mol. The predicted octanol–water partition coefficient (Wildman–Crippen LogP) is -5.78. The van der Waals surface area contributed by atoms with Crippen molar-refractivity contribution in [3.05, 3.63) is 59.7 Å². The summed E-state index contributed by atoms with van der Waals surface area (Å²) < 4.78 is 20.4. The van der Waals surface area contributed by atoms with Gasteiger partial charge in [0.2, 0.25) is 0 Å². The van der Waals surface area contributed by atoms with Crippen LogP contribution < -0.4 is 88.3 Å². The van der Waals surface area contributed by atoms with Gasteiger partial charge in [0.15, 0.2) is 34.6 Å². The van der Waals surface area contributed by atoms with Crippen LogP contribution in [0.4, 0.5) is 0 Å². The van der Waals surface area contributed by atoms with Gasteiger partial charge in [-0.1, -0.05) is 24.3 Å². The molecule has 0 N–H and O–H groups in total. The third-order valence-corrected chi connectivity index (χ3v) is 4.34. The Labute approximate surface area is 257 Å². The smallest absolute Gasteiger partial charge is 0.546 e. The summed E-state index contributed by atoms with van der Waals surface area (Å²) >= 11 is 0. The molecule has 0 bridgehead atoms. The number of benzene rings is 2. The molecule has 184 valence electrons. The molecule has 0 spiro atoms. The third-order valence-electron chi connectivity index (χ3n) is 4.34. The zero-order valence-corrected chi connectivity index (χ0v) is 25.0. The Balaban J connectivity index is 0.00000648. The molecule has 0 saturated heterocycles. The molecule has 2 rings (SSSR count). The molecule has 0 amide bonds. The number of carboxylic acid groups (broad SMARTS) is 2. The fraction of sp³-hybridized carbons (Fsp3) is 0.200. The van der Waals surface area contributed by atoms with Gasteiger partial charge in [-0.15, -0.1) is 0 Å². The number of ketones is 2. The fourth-order valence-electron chi connectivity index (χ4n) is 2.76. The number of ether oxygens (including phenoxy) is 4. The van der Waals surface area contributed by atoms with Gasteiger partial charge in [-0.05, 0) is 47.5 Å². The molecular weight excluding hydrogens is 506 g/mol. The van der Waals surface area contributed by atoms with Gasteiger partial charge < -0.3 is 38.7 Å². The molecule has 0 atom stereocenters. The van der Waals surface area contributed by atoms with E-state index in [-0.39, 0.29) is 88.5 Å². The van der Waals surface area contributed by atoms with Gasteiger partial charge in [0.1, 0.15) is 13.2 Å². The molecule has 2 aromatic carbocycles. The van der Waals surface area contributed by atoms with Gasteiger partial charge in [-0.25, -0.2) is 0 Å². The Morgan fingerprint density at radius 3 is 1.38 bits per heavy atom. The molecule has 0 heterocycles. The Hall–Kier alpha value is -2.60. The second-order valence-electron chi connectivity index (χ2n) is 6.92. The van der Waals surface area contributed by atoms with Gasteiger partial charge in [-0.2, -0.15) is 0 Å². The minimum atomic E-state index is -1.38. The number of allylic oxidation sites excluding steroid dienone is 2. The van der Waals surface area contributed by atoms with Crippen molar-refractivity contribution in [2.24, 2.45) is 0 Å². The van der Waals surface area contributed by atoms with Crippen molar-refractivity contribution in [2.75, 3.05) is 27.4 Å². The third kappa shape index (κ3) is 12.5. The summed E-state index contributed by atoms with van der Waals surface area (Å²) in [5.74, 6) is -2.67. The van der Waals surface area contributed by atoms with Crippen molar-refractivity contribution in [1.82, 2.24) is 0 Å². The van der Waals surface area contributed by atoms with Crippen molar-refractivity contribution in [2.45, 2.75) is 6.42 Å². The fourth-order valence-corrected chi connectivity index (χ4v) is 2.76. The standard InChI is InChI=1S/C25H24O10.2Na/c1-32-22-11-16(5-9-20(22)34-14-24(28)29)3-7-18(26)13-19(27)8-4-17-6-10-21(23(12-17)33-2)35-15-25(30)31;;/h3-12H,13-15H2,1-2H3,(H,28,29)(H,30,31);;/q;2*+1/p-2/b7-3+,8-4+;;. The van der Waals surface area contributed by atoms with Crippen LogP contribution in [-0.2, 0) is 19.2 Å². The number of hydrogen-bond acceptors (Lipinski definition) is 10. The van der Waals surface area contributed by atoms with E-state index in [4.69, 9.17) is 18.9 Å². The first-order chi connectivity index (χ1) is 16.7. The molecule has 0 aliphatic heterocycles. The van der Waals surface area contributed by atoms with E-state index in [9.17, 15) is 29.4 Å². The summed E-state index contributed by atoms with van der Waals surface area (Å²) in [6, 6.07) is 9.25. The molecule has 0 aromatic heterocycles. The van der Waals surface area contributed by atoms with Crippen LogP contribution in [0.2, 0.25) is 0 Å². The molecule has 12 heteroatoms. The second kappa shape index (κ2) is 17.8. The van der Waals surface area contributed by atoms with E-state index in [1.807, 2.05) is 0 Å². The first-order valence-electron chi connectivity index (χ1n) is 10.1. The monoisotopic (exact) mass is 528 g/mol. The first kappa shape index (κ1) is 34.4. The van der Waals surface area contributed by atoms with Crippen molar-refractivity contribution in [1.29, 1.82) is 0 Å². The van der Waals surface area contributed by atoms with E-state index in [0.29, 0.717) is 11.1 Å². The van der Waals surface area contributed by atoms with E-state index in [0.717, 1.165) is 0 Å². The van der Waals surface area contributed by atoms with E-state index in [1.54, 1.807) is 24.3 Å². The molecule has 0 aliphatic carbocycles. The van der Waals surface area contributed by atoms with Crippen LogP contribution in [0.1, 0.15) is 17.5 Å². The number of carbonyl (C=O) groups excluding carboxylic acids is 4. The molecule has 10 nitrogen and oxygen atoms in total. The summed E-state index contributed by atoms with van der Waals surface area (Å²) in [5.41, 5.74) is 1.15. The van der Waals surface area contributed by atoms with Crippen molar-refractivity contribution in [3.63, 3.8) is 0 Å². The van der Waals surface area contributed by atoms with Crippen molar-refractivity contribution in [3.8, 4) is 23.0 Å². The van der Waals surface area contributed by atoms with Crippen LogP contribution in [0, 0.1) is 0 Å². The number of aliphatic carboxylic acids is 2. The SMILES string of the molecule is COc1cc(/C=C/C(=O)CC(=O)/C=C/c2ccc(OCC(=O)[O-])c(OC)c2)ccc1OCC(=O)[O-].[Na+].[Na+]. The Morgan fingerprint density at radius 1 is 0.676 bits per heavy atom. The largest absolute Gasteiger partial charge is 1.00 e. The van der Waals surface area contributed by atoms with Crippen molar-refractivity contribution >= 4 is 35.7 Å². The van der Waals surface area contributed by atoms with Gasteiger partial charge in [0.05, 0.1) is 32.6 Å². The van der Waals surface area contributed by atoms with E-state index in [1.165, 1.54) is 50.7 Å². The zero-order chi connectivity index (χ0) is 25.8. The maximum absolute atomic E-state index is 12.1. The summed E-state index contributed by atoms with van der Waals surface area (Å²) in [4.78, 5) is 45.4. The van der Waals surface area contributed by atoms with E-state index >= 15 is 0 Å². The van der Waals surface area contributed by atoms with E-state index < -0.39 is 36.7 Å². The number of carbonyl (C=O) groups is 4. The number of rotatable bonds is 14. The first-order valence-corrected chi connectivity index (χ1v) is 10.1. The van der Waals surface area contributed by atoms with Crippen LogP contribution >= 0.6 is 0 Å². The Morgan fingerprint density at radius 2 is 1.05 bits per heavy atom. The van der Waals surface area contributed by atoms with E-state index in [2.05, 4.69) is 0 Å². The zero-order valence-electron chi connectivity index (χ0n) is 21.0. The topological polar surface area (TPSA) is 151 Å². The Kier molecular flexibility index (Phi) is 16.5. The van der Waals surface area contributed by atoms with Crippen LogP contribution in [0.5, 0.6) is 23.0 Å². The van der Waals surface area contributed by atoms with Crippen LogP contribution in [0.15, 0.2) is 48.6 Å². The number of carboxylic acids is 2. The van der Waals surface area contributed by atoms with Crippen LogP contribution in [0.3, 0.4) is 0 Å². The van der Waals surface area contributed by atoms with Crippen LogP contribution in [-0.4, -0.2) is 50.9 Å². The molecule has 0 radical (unpaired) electrons. The predicted molar refractivity (Wildman–Crippen MR) is 120 cm³/mol. The summed E-state index contributed by atoms with van der Waals surface area (Å²) in [5, 5.41) is 21.1. The maximum Gasteiger partial charge on any atom is 1.00 e. The molecule has 0 fully saturated rings.